The van der Waals surface area contributed by atoms with E-state index in [1.807, 2.05) is 11.3 Å². The quantitative estimate of drug-likeness (QED) is 0.145. The smallest absolute Gasteiger partial charge is 0.0542 e. The fourth-order valence-corrected chi connectivity index (χ4v) is 17.6. The van der Waals surface area contributed by atoms with Gasteiger partial charge in [0, 0.05) is 102 Å². The maximum atomic E-state index is 2.43. The summed E-state index contributed by atoms with van der Waals surface area (Å²) in [7, 11) is 0. The number of para-hydroxylation sites is 7. The first-order valence-corrected chi connectivity index (χ1v) is 35.8. The van der Waals surface area contributed by atoms with Crippen LogP contribution in [0.4, 0.5) is 0 Å². The molecule has 0 unspecified atom stereocenters. The highest BCUT2D eigenvalue weighted by Gasteiger charge is 2.21. The summed E-state index contributed by atoms with van der Waals surface area (Å²) in [6.07, 6.45) is 0. The van der Waals surface area contributed by atoms with E-state index >= 15 is 0 Å². The van der Waals surface area contributed by atoms with Crippen LogP contribution in [0.25, 0.3) is 191 Å². The maximum absolute atomic E-state index is 2.43. The average Bonchev–Trinajstić information content (AvgIpc) is 1.59. The van der Waals surface area contributed by atoms with Gasteiger partial charge in [-0.05, 0) is 191 Å². The van der Waals surface area contributed by atoms with Gasteiger partial charge in [-0.15, -0.1) is 11.3 Å². The molecule has 0 spiro atoms. The van der Waals surface area contributed by atoms with Crippen LogP contribution < -0.4 is 0 Å². The Balaban J connectivity index is 0.000000133. The Hall–Kier alpha value is -13.3. The molecule has 0 aliphatic rings. The van der Waals surface area contributed by atoms with Crippen LogP contribution in [-0.4, -0.2) is 22.8 Å². The van der Waals surface area contributed by atoms with Gasteiger partial charge in [-0.25, -0.2) is 0 Å². The summed E-state index contributed by atoms with van der Waals surface area (Å²) in [6.45, 7) is 0. The molecule has 0 bridgehead atoms. The zero-order valence-electron chi connectivity index (χ0n) is 55.4. The lowest BCUT2D eigenvalue weighted by molar-refractivity contribution is 1.17. The Morgan fingerprint density at radius 3 is 0.824 bits per heavy atom. The van der Waals surface area contributed by atoms with Gasteiger partial charge >= 0.3 is 0 Å². The lowest BCUT2D eigenvalue weighted by Crippen LogP contribution is -1.95. The minimum Gasteiger partial charge on any atom is -0.309 e. The molecule has 0 fully saturated rings. The van der Waals surface area contributed by atoms with Gasteiger partial charge in [0.1, 0.15) is 0 Å². The number of hydrogen-bond donors (Lipinski definition) is 0. The first-order chi connectivity index (χ1) is 50.6. The number of aromatic nitrogens is 5. The molecule has 0 saturated carbocycles. The first-order valence-electron chi connectivity index (χ1n) is 35.0. The maximum Gasteiger partial charge on any atom is 0.0542 e. The van der Waals surface area contributed by atoms with E-state index in [1.54, 1.807) is 0 Å². The van der Waals surface area contributed by atoms with E-state index in [0.29, 0.717) is 0 Å². The van der Waals surface area contributed by atoms with Crippen molar-refractivity contribution < 1.29 is 0 Å². The topological polar surface area (TPSA) is 24.6 Å². The van der Waals surface area contributed by atoms with E-state index in [1.165, 1.54) is 180 Å². The van der Waals surface area contributed by atoms with E-state index in [-0.39, 0.29) is 0 Å². The lowest BCUT2D eigenvalue weighted by atomic mass is 10.0. The minimum absolute atomic E-state index is 1.16. The zero-order valence-corrected chi connectivity index (χ0v) is 56.2. The molecule has 476 valence electrons. The molecule has 0 radical (unpaired) electrons. The van der Waals surface area contributed by atoms with Crippen LogP contribution in [-0.2, 0) is 0 Å². The number of hydrogen-bond acceptors (Lipinski definition) is 1. The first kappa shape index (κ1) is 57.8. The third-order valence-electron chi connectivity index (χ3n) is 21.1. The van der Waals surface area contributed by atoms with E-state index in [9.17, 15) is 0 Å². The van der Waals surface area contributed by atoms with Crippen LogP contribution in [0, 0.1) is 0 Å². The summed E-state index contributed by atoms with van der Waals surface area (Å²) in [6, 6.07) is 135. The van der Waals surface area contributed by atoms with Gasteiger partial charge in [0.2, 0.25) is 0 Å². The second kappa shape index (κ2) is 23.2. The second-order valence-electron chi connectivity index (χ2n) is 26.8. The molecule has 6 aromatic heterocycles. The molecule has 5 nitrogen and oxygen atoms in total. The molecule has 6 heteroatoms. The summed E-state index contributed by atoms with van der Waals surface area (Å²) < 4.78 is 14.7. The largest absolute Gasteiger partial charge is 0.309 e. The third-order valence-corrected chi connectivity index (χ3v) is 22.3. The van der Waals surface area contributed by atoms with Crippen molar-refractivity contribution in [3.8, 4) is 61.8 Å². The van der Waals surface area contributed by atoms with Crippen LogP contribution in [0.15, 0.2) is 370 Å². The minimum atomic E-state index is 1.16. The van der Waals surface area contributed by atoms with Crippen molar-refractivity contribution in [2.45, 2.75) is 0 Å². The predicted octanol–water partition coefficient (Wildman–Crippen LogP) is 26.2. The molecule has 0 aliphatic heterocycles. The number of fused-ring (bicyclic) bond motifs is 18. The molecule has 22 rings (SSSR count). The monoisotopic (exact) mass is 1320 g/mol. The van der Waals surface area contributed by atoms with Gasteiger partial charge in [0.25, 0.3) is 0 Å². The Labute approximate surface area is 591 Å². The van der Waals surface area contributed by atoms with Gasteiger partial charge in [0.15, 0.2) is 0 Å². The van der Waals surface area contributed by atoms with Crippen molar-refractivity contribution in [1.29, 1.82) is 0 Å². The van der Waals surface area contributed by atoms with Crippen LogP contribution in [0.5, 0.6) is 0 Å². The molecule has 0 atom stereocenters. The molecule has 0 aliphatic carbocycles. The zero-order chi connectivity index (χ0) is 66.9. The predicted molar refractivity (Wildman–Crippen MR) is 434 cm³/mol. The molecule has 102 heavy (non-hydrogen) atoms. The Bertz CT molecular complexity index is 7120. The number of benzene rings is 16. The van der Waals surface area contributed by atoms with E-state index in [0.717, 1.165) is 11.4 Å². The van der Waals surface area contributed by atoms with Crippen molar-refractivity contribution >= 4 is 141 Å². The van der Waals surface area contributed by atoms with Crippen LogP contribution in [0.2, 0.25) is 0 Å². The molecule has 0 N–H and O–H groups in total. The van der Waals surface area contributed by atoms with Crippen molar-refractivity contribution in [3.63, 3.8) is 0 Å². The summed E-state index contributed by atoms with van der Waals surface area (Å²) in [5, 5.41) is 15.2. The number of rotatable bonds is 8. The van der Waals surface area contributed by atoms with Gasteiger partial charge in [-0.1, -0.05) is 212 Å². The highest BCUT2D eigenvalue weighted by atomic mass is 32.1. The van der Waals surface area contributed by atoms with Gasteiger partial charge in [-0.3, -0.25) is 0 Å². The van der Waals surface area contributed by atoms with Crippen molar-refractivity contribution in [2.24, 2.45) is 0 Å². The van der Waals surface area contributed by atoms with Gasteiger partial charge in [-0.2, -0.15) is 0 Å². The molecule has 16 aromatic carbocycles. The summed E-state index contributed by atoms with van der Waals surface area (Å²) >= 11 is 1.86. The standard InChI is InChI=1S/C48H31N3.C48H30N2S/c1-3-13-34(14-4-1)49-43-20-10-7-17-37(43)40-29-32(23-26-46(40)49)33-24-27-47-41(30-33)38-18-8-12-22-45(38)51(47)36-25-28-48-42(31-36)39-19-9-11-21-44(39)50(48)35-15-5-2-6-16-35;1-2-11-31(12-3-1)32-13-10-14-35(27-32)49-43-18-7-4-15-37(43)40-28-33(21-24-45(40)49)34-22-25-46-41(29-34)38-16-5-8-19-44(38)50(46)36-23-26-48-42(30-36)39-17-6-9-20-47(39)51-48/h1-31H;1-30H. The van der Waals surface area contributed by atoms with Gasteiger partial charge < -0.3 is 22.8 Å². The van der Waals surface area contributed by atoms with E-state index in [2.05, 4.69) is 393 Å². The highest BCUT2D eigenvalue weighted by molar-refractivity contribution is 7.25. The van der Waals surface area contributed by atoms with E-state index < -0.39 is 0 Å². The second-order valence-corrected chi connectivity index (χ2v) is 27.8. The molecule has 0 saturated heterocycles. The summed E-state index contributed by atoms with van der Waals surface area (Å²) in [4.78, 5) is 0. The Kier molecular flexibility index (Phi) is 13.1. The molecule has 0 amide bonds. The molecule has 6 heterocycles. The fraction of sp³-hybridized carbons (Fsp3) is 0. The highest BCUT2D eigenvalue weighted by Crippen LogP contribution is 2.44. The molecular formula is C96H61N5S. The average molecular weight is 1320 g/mol. The fourth-order valence-electron chi connectivity index (χ4n) is 16.6. The van der Waals surface area contributed by atoms with Crippen LogP contribution in [0.3, 0.4) is 0 Å². The van der Waals surface area contributed by atoms with Crippen molar-refractivity contribution in [1.82, 2.24) is 22.8 Å². The Morgan fingerprint density at radius 2 is 0.402 bits per heavy atom. The third kappa shape index (κ3) is 9.10. The normalized spacial score (nSPS) is 11.9. The van der Waals surface area contributed by atoms with Crippen LogP contribution >= 0.6 is 11.3 Å². The summed E-state index contributed by atoms with van der Waals surface area (Å²) in [5.74, 6) is 0. The lowest BCUT2D eigenvalue weighted by Gasteiger charge is -2.11. The van der Waals surface area contributed by atoms with Gasteiger partial charge in [0.05, 0.1) is 55.2 Å². The van der Waals surface area contributed by atoms with Crippen molar-refractivity contribution in [3.05, 3.63) is 370 Å². The number of thiophene rings is 1. The molecule has 22 aromatic rings. The Morgan fingerprint density at radius 1 is 0.137 bits per heavy atom. The molecular weight excluding hydrogens is 1260 g/mol. The SMILES string of the molecule is c1ccc(-c2cccc(-n3c4ccccc4c4cc(-c5ccc6c(c5)c5ccccc5n6-c5ccc6sc7ccccc7c6c5)ccc43)c2)cc1.c1ccc(-n2c3ccccc3c3cc(-c4ccc5c(c4)c4ccccc4n5-c4ccc5c(c4)c4ccccc4n5-c4ccccc4)ccc32)cc1. The van der Waals surface area contributed by atoms with Crippen LogP contribution in [0.1, 0.15) is 0 Å². The number of nitrogens with zero attached hydrogens (tertiary/aromatic N) is 5. The van der Waals surface area contributed by atoms with Crippen molar-refractivity contribution in [2.75, 3.05) is 0 Å². The summed E-state index contributed by atoms with van der Waals surface area (Å²) in [5.41, 5.74) is 25.3. The van der Waals surface area contributed by atoms with E-state index in [4.69, 9.17) is 0 Å².